The molecule has 2 aromatic heterocycles. The van der Waals surface area contributed by atoms with E-state index >= 15 is 0 Å². The lowest BCUT2D eigenvalue weighted by molar-refractivity contribution is 0.0525. The molecule has 5 rings (SSSR count). The summed E-state index contributed by atoms with van der Waals surface area (Å²) in [6.45, 7) is 3.12. The summed E-state index contributed by atoms with van der Waals surface area (Å²) in [5.41, 5.74) is 9.13. The van der Waals surface area contributed by atoms with Crippen LogP contribution >= 0.6 is 11.3 Å². The van der Waals surface area contributed by atoms with Gasteiger partial charge >= 0.3 is 5.97 Å². The number of pyridine rings is 1. The number of hydrogen-bond acceptors (Lipinski definition) is 6. The standard InChI is InChI=1S/C17H19N3O2S/c1-2-22-17(21)14-13-10-3-4-12(15(13)23-16(14)18)20(9-10)11-5-7-19-8-6-11/h5-8,10,12H,2-4,9,18H2,1H3. The number of rotatable bonds is 3. The highest BCUT2D eigenvalue weighted by atomic mass is 32.1. The third kappa shape index (κ3) is 2.20. The second-order valence-corrected chi connectivity index (χ2v) is 7.07. The molecule has 2 aliphatic heterocycles. The zero-order valence-corrected chi connectivity index (χ0v) is 13.8. The van der Waals surface area contributed by atoms with Gasteiger partial charge in [0.25, 0.3) is 0 Å². The zero-order valence-electron chi connectivity index (χ0n) is 13.0. The molecule has 0 aromatic carbocycles. The molecule has 3 aliphatic rings. The lowest BCUT2D eigenvalue weighted by Gasteiger charge is -2.46. The van der Waals surface area contributed by atoms with Gasteiger partial charge in [-0.1, -0.05) is 0 Å². The van der Waals surface area contributed by atoms with Crippen LogP contribution in [0, 0.1) is 0 Å². The first kappa shape index (κ1) is 14.5. The second-order valence-electron chi connectivity index (χ2n) is 5.99. The number of esters is 1. The molecule has 2 aromatic rings. The maximum Gasteiger partial charge on any atom is 0.341 e. The second kappa shape index (κ2) is 5.53. The van der Waals surface area contributed by atoms with Crippen molar-refractivity contribution in [3.8, 4) is 0 Å². The van der Waals surface area contributed by atoms with Gasteiger partial charge in [0.2, 0.25) is 0 Å². The van der Waals surface area contributed by atoms with Crippen LogP contribution in [0.3, 0.4) is 0 Å². The molecule has 0 spiro atoms. The van der Waals surface area contributed by atoms with Gasteiger partial charge in [0.05, 0.1) is 18.2 Å². The maximum atomic E-state index is 12.3. The molecule has 1 saturated heterocycles. The van der Waals surface area contributed by atoms with E-state index in [9.17, 15) is 4.79 Å². The molecule has 2 atom stereocenters. The molecule has 1 aliphatic carbocycles. The Hall–Kier alpha value is -2.08. The van der Waals surface area contributed by atoms with Crippen molar-refractivity contribution in [1.82, 2.24) is 4.98 Å². The van der Waals surface area contributed by atoms with E-state index in [0.717, 1.165) is 24.9 Å². The molecule has 0 amide bonds. The summed E-state index contributed by atoms with van der Waals surface area (Å²) in [6.07, 6.45) is 5.85. The number of anilines is 2. The van der Waals surface area contributed by atoms with Crippen molar-refractivity contribution >= 4 is 28.0 Å². The van der Waals surface area contributed by atoms with Crippen LogP contribution in [-0.2, 0) is 4.74 Å². The predicted octanol–water partition coefficient (Wildman–Crippen LogP) is 3.34. The highest BCUT2D eigenvalue weighted by Gasteiger charge is 2.43. The van der Waals surface area contributed by atoms with Gasteiger partial charge in [-0.15, -0.1) is 11.3 Å². The Labute approximate surface area is 139 Å². The van der Waals surface area contributed by atoms with E-state index in [4.69, 9.17) is 10.5 Å². The van der Waals surface area contributed by atoms with Gasteiger partial charge < -0.3 is 15.4 Å². The smallest absolute Gasteiger partial charge is 0.341 e. The van der Waals surface area contributed by atoms with Gasteiger partial charge in [0.15, 0.2) is 0 Å². The number of thiophene rings is 1. The number of fused-ring (bicyclic) bond motifs is 2. The number of nitrogens with two attached hydrogens (primary N) is 1. The van der Waals surface area contributed by atoms with Crippen molar-refractivity contribution < 1.29 is 9.53 Å². The Morgan fingerprint density at radius 1 is 1.43 bits per heavy atom. The molecular weight excluding hydrogens is 310 g/mol. The fourth-order valence-electron chi connectivity index (χ4n) is 3.85. The van der Waals surface area contributed by atoms with Crippen LogP contribution in [0.5, 0.6) is 0 Å². The third-order valence-corrected chi connectivity index (χ3v) is 5.90. The number of piperidine rings is 1. The quantitative estimate of drug-likeness (QED) is 0.875. The van der Waals surface area contributed by atoms with Gasteiger partial charge in [-0.2, -0.15) is 0 Å². The fourth-order valence-corrected chi connectivity index (χ4v) is 5.14. The van der Waals surface area contributed by atoms with E-state index in [1.807, 2.05) is 31.5 Å². The van der Waals surface area contributed by atoms with Gasteiger partial charge in [-0.05, 0) is 37.5 Å². The Kier molecular flexibility index (Phi) is 3.49. The predicted molar refractivity (Wildman–Crippen MR) is 91.0 cm³/mol. The molecule has 0 saturated carbocycles. The first-order chi connectivity index (χ1) is 11.2. The normalized spacial score (nSPS) is 22.0. The van der Waals surface area contributed by atoms with Crippen LogP contribution in [0.2, 0.25) is 0 Å². The van der Waals surface area contributed by atoms with Gasteiger partial charge in [-0.3, -0.25) is 4.98 Å². The van der Waals surface area contributed by atoms with Crippen molar-refractivity contribution in [1.29, 1.82) is 0 Å². The lowest BCUT2D eigenvalue weighted by atomic mass is 9.77. The molecule has 5 nitrogen and oxygen atoms in total. The molecule has 6 heteroatoms. The summed E-state index contributed by atoms with van der Waals surface area (Å²) < 4.78 is 5.22. The van der Waals surface area contributed by atoms with E-state index in [2.05, 4.69) is 9.88 Å². The van der Waals surface area contributed by atoms with Crippen molar-refractivity contribution in [2.45, 2.75) is 31.7 Å². The van der Waals surface area contributed by atoms with Gasteiger partial charge in [0, 0.05) is 35.4 Å². The number of carbonyl (C=O) groups excluding carboxylic acids is 1. The van der Waals surface area contributed by atoms with Crippen LogP contribution in [0.1, 0.15) is 52.5 Å². The Balaban J connectivity index is 1.77. The van der Waals surface area contributed by atoms with E-state index < -0.39 is 0 Å². The number of aromatic nitrogens is 1. The molecule has 0 radical (unpaired) electrons. The molecule has 4 heterocycles. The summed E-state index contributed by atoms with van der Waals surface area (Å²) in [5.74, 6) is 0.0710. The average Bonchev–Trinajstić information content (AvgIpc) is 2.95. The summed E-state index contributed by atoms with van der Waals surface area (Å²) in [6, 6.07) is 4.39. The van der Waals surface area contributed by atoms with Crippen LogP contribution in [0.25, 0.3) is 0 Å². The number of carbonyl (C=O) groups is 1. The van der Waals surface area contributed by atoms with Crippen molar-refractivity contribution in [2.24, 2.45) is 0 Å². The Morgan fingerprint density at radius 3 is 2.96 bits per heavy atom. The van der Waals surface area contributed by atoms with Gasteiger partial charge in [-0.25, -0.2) is 4.79 Å². The third-order valence-electron chi connectivity index (χ3n) is 4.77. The van der Waals surface area contributed by atoms with E-state index in [1.165, 1.54) is 10.6 Å². The first-order valence-electron chi connectivity index (χ1n) is 7.96. The number of hydrogen-bond donors (Lipinski definition) is 1. The minimum atomic E-state index is -0.273. The Morgan fingerprint density at radius 2 is 2.22 bits per heavy atom. The number of ether oxygens (including phenoxy) is 1. The highest BCUT2D eigenvalue weighted by molar-refractivity contribution is 7.16. The molecule has 2 N–H and O–H groups in total. The van der Waals surface area contributed by atoms with Crippen LogP contribution in [0.4, 0.5) is 10.7 Å². The topological polar surface area (TPSA) is 68.5 Å². The molecule has 1 fully saturated rings. The molecule has 2 unspecified atom stereocenters. The SMILES string of the molecule is CCOC(=O)c1c(N)sc2c1C1CCC2N(c2ccncc2)C1. The van der Waals surface area contributed by atoms with Crippen molar-refractivity contribution in [2.75, 3.05) is 23.8 Å². The summed E-state index contributed by atoms with van der Waals surface area (Å²) in [4.78, 5) is 20.1. The van der Waals surface area contributed by atoms with Crippen LogP contribution in [-0.4, -0.2) is 24.1 Å². The van der Waals surface area contributed by atoms with Gasteiger partial charge in [0.1, 0.15) is 5.00 Å². The molecule has 2 bridgehead atoms. The minimum Gasteiger partial charge on any atom is -0.462 e. The average molecular weight is 329 g/mol. The highest BCUT2D eigenvalue weighted by Crippen LogP contribution is 2.54. The number of nitrogens with zero attached hydrogens (tertiary/aromatic N) is 2. The molecular formula is C17H19N3O2S. The van der Waals surface area contributed by atoms with Crippen LogP contribution < -0.4 is 10.6 Å². The zero-order chi connectivity index (χ0) is 16.0. The minimum absolute atomic E-state index is 0.273. The van der Waals surface area contributed by atoms with E-state index in [-0.39, 0.29) is 5.97 Å². The van der Waals surface area contributed by atoms with E-state index in [1.54, 1.807) is 11.3 Å². The first-order valence-corrected chi connectivity index (χ1v) is 8.78. The number of nitrogen functional groups attached to an aromatic ring is 1. The lowest BCUT2D eigenvalue weighted by Crippen LogP contribution is -2.42. The fraction of sp³-hybridized carbons (Fsp3) is 0.412. The largest absolute Gasteiger partial charge is 0.462 e. The van der Waals surface area contributed by atoms with Crippen LogP contribution in [0.15, 0.2) is 24.5 Å². The molecule has 23 heavy (non-hydrogen) atoms. The molecule has 120 valence electrons. The summed E-state index contributed by atoms with van der Waals surface area (Å²) >= 11 is 1.55. The monoisotopic (exact) mass is 329 g/mol. The summed E-state index contributed by atoms with van der Waals surface area (Å²) in [5, 5.41) is 0.599. The Bertz CT molecular complexity index is 744. The van der Waals surface area contributed by atoms with Crippen molar-refractivity contribution in [3.05, 3.63) is 40.5 Å². The summed E-state index contributed by atoms with van der Waals surface area (Å²) in [7, 11) is 0. The van der Waals surface area contributed by atoms with Crippen molar-refractivity contribution in [3.63, 3.8) is 0 Å². The maximum absolute atomic E-state index is 12.3. The van der Waals surface area contributed by atoms with E-state index in [0.29, 0.717) is 29.1 Å².